The van der Waals surface area contributed by atoms with Crippen LogP contribution in [0.5, 0.6) is 5.75 Å². The van der Waals surface area contributed by atoms with Gasteiger partial charge in [-0.2, -0.15) is 4.98 Å². The molecule has 4 N–H and O–H groups in total. The Morgan fingerprint density at radius 3 is 2.84 bits per heavy atom. The maximum Gasteiger partial charge on any atom is 0.239 e. The Kier molecular flexibility index (Phi) is 4.41. The van der Waals surface area contributed by atoms with E-state index < -0.39 is 0 Å². The highest BCUT2D eigenvalue weighted by atomic mass is 79.9. The number of aromatic nitrogens is 2. The van der Waals surface area contributed by atoms with E-state index in [-0.39, 0.29) is 5.95 Å². The van der Waals surface area contributed by atoms with Crippen LogP contribution in [0.25, 0.3) is 0 Å². The van der Waals surface area contributed by atoms with Crippen molar-refractivity contribution in [1.82, 2.24) is 9.97 Å². The molecule has 2 aromatic rings. The zero-order valence-corrected chi connectivity index (χ0v) is 12.3. The van der Waals surface area contributed by atoms with Crippen molar-refractivity contribution in [1.29, 1.82) is 0 Å². The van der Waals surface area contributed by atoms with E-state index in [1.807, 2.05) is 18.2 Å². The number of ether oxygens (including phenoxy) is 1. The van der Waals surface area contributed by atoms with Crippen LogP contribution in [-0.2, 0) is 0 Å². The molecule has 0 radical (unpaired) electrons. The van der Waals surface area contributed by atoms with Crippen molar-refractivity contribution in [3.63, 3.8) is 0 Å². The monoisotopic (exact) mass is 343 g/mol. The van der Waals surface area contributed by atoms with Crippen LogP contribution in [0.2, 0.25) is 5.02 Å². The first-order chi connectivity index (χ1) is 9.13. The molecule has 0 amide bonds. The quantitative estimate of drug-likeness (QED) is 0.584. The number of anilines is 3. The SMILES string of the molecule is COc1ccc(Nc2nc(NN)ncc2Cl)cc1Br. The summed E-state index contributed by atoms with van der Waals surface area (Å²) < 4.78 is 5.98. The second-order valence-electron chi connectivity index (χ2n) is 3.51. The third-order valence-corrected chi connectivity index (χ3v) is 3.18. The smallest absolute Gasteiger partial charge is 0.239 e. The van der Waals surface area contributed by atoms with Crippen molar-refractivity contribution in [3.8, 4) is 5.75 Å². The average Bonchev–Trinajstić information content (AvgIpc) is 2.41. The first-order valence-electron chi connectivity index (χ1n) is 5.23. The number of nitrogen functional groups attached to an aromatic ring is 1. The minimum Gasteiger partial charge on any atom is -0.496 e. The van der Waals surface area contributed by atoms with Gasteiger partial charge in [-0.3, -0.25) is 5.43 Å². The van der Waals surface area contributed by atoms with Crippen molar-refractivity contribution in [2.24, 2.45) is 5.84 Å². The second-order valence-corrected chi connectivity index (χ2v) is 4.77. The molecule has 0 aliphatic rings. The van der Waals surface area contributed by atoms with Crippen LogP contribution < -0.4 is 21.3 Å². The molecule has 1 aromatic heterocycles. The predicted molar refractivity (Wildman–Crippen MR) is 78.8 cm³/mol. The molecule has 0 spiro atoms. The van der Waals surface area contributed by atoms with Crippen LogP contribution >= 0.6 is 27.5 Å². The van der Waals surface area contributed by atoms with Gasteiger partial charge in [-0.05, 0) is 34.1 Å². The van der Waals surface area contributed by atoms with Crippen LogP contribution in [0.3, 0.4) is 0 Å². The van der Waals surface area contributed by atoms with E-state index in [2.05, 4.69) is 36.6 Å². The molecule has 0 aliphatic carbocycles. The van der Waals surface area contributed by atoms with E-state index in [0.717, 1.165) is 15.9 Å². The van der Waals surface area contributed by atoms with Crippen LogP contribution in [0.1, 0.15) is 0 Å². The number of hydrazine groups is 1. The van der Waals surface area contributed by atoms with Crippen molar-refractivity contribution in [3.05, 3.63) is 33.9 Å². The van der Waals surface area contributed by atoms with Gasteiger partial charge in [0, 0.05) is 5.69 Å². The zero-order chi connectivity index (χ0) is 13.8. The largest absolute Gasteiger partial charge is 0.496 e. The maximum atomic E-state index is 6.01. The number of nitrogens with one attached hydrogen (secondary N) is 2. The van der Waals surface area contributed by atoms with Crippen LogP contribution in [0.15, 0.2) is 28.9 Å². The van der Waals surface area contributed by atoms with Crippen molar-refractivity contribution < 1.29 is 4.74 Å². The fourth-order valence-electron chi connectivity index (χ4n) is 1.41. The van der Waals surface area contributed by atoms with Gasteiger partial charge in [-0.25, -0.2) is 10.8 Å². The lowest BCUT2D eigenvalue weighted by Crippen LogP contribution is -2.11. The molecule has 6 nitrogen and oxygen atoms in total. The fraction of sp³-hybridized carbons (Fsp3) is 0.0909. The van der Waals surface area contributed by atoms with Gasteiger partial charge in [0.25, 0.3) is 0 Å². The summed E-state index contributed by atoms with van der Waals surface area (Å²) in [5.74, 6) is 6.73. The Bertz CT molecular complexity index is 595. The molecule has 0 fully saturated rings. The lowest BCUT2D eigenvalue weighted by molar-refractivity contribution is 0.412. The summed E-state index contributed by atoms with van der Waals surface area (Å²) >= 11 is 9.41. The minimum atomic E-state index is 0.277. The Morgan fingerprint density at radius 1 is 1.42 bits per heavy atom. The highest BCUT2D eigenvalue weighted by molar-refractivity contribution is 9.10. The summed E-state index contributed by atoms with van der Waals surface area (Å²) in [5.41, 5.74) is 3.16. The van der Waals surface area contributed by atoms with E-state index >= 15 is 0 Å². The fourth-order valence-corrected chi connectivity index (χ4v) is 2.08. The standard InChI is InChI=1S/C11H11BrClN5O/c1-19-9-3-2-6(4-7(9)12)16-10-8(13)5-15-11(17-10)18-14/h2-5H,14H2,1H3,(H2,15,16,17,18). The molecule has 0 atom stereocenters. The molecule has 0 aliphatic heterocycles. The number of nitrogens with zero attached hydrogens (tertiary/aromatic N) is 2. The van der Waals surface area contributed by atoms with Gasteiger partial charge in [0.2, 0.25) is 5.95 Å². The molecule has 8 heteroatoms. The molecule has 0 unspecified atom stereocenters. The van der Waals surface area contributed by atoms with E-state index in [1.54, 1.807) is 7.11 Å². The number of hydrogen-bond acceptors (Lipinski definition) is 6. The first kappa shape index (κ1) is 13.9. The van der Waals surface area contributed by atoms with Gasteiger partial charge < -0.3 is 10.1 Å². The number of methoxy groups -OCH3 is 1. The Balaban J connectivity index is 2.28. The summed E-state index contributed by atoms with van der Waals surface area (Å²) in [6.45, 7) is 0. The van der Waals surface area contributed by atoms with Crippen LogP contribution in [0.4, 0.5) is 17.5 Å². The van der Waals surface area contributed by atoms with Gasteiger partial charge in [-0.1, -0.05) is 11.6 Å². The molecular formula is C11H11BrClN5O. The Hall–Kier alpha value is -1.57. The minimum absolute atomic E-state index is 0.277. The summed E-state index contributed by atoms with van der Waals surface area (Å²) in [6.07, 6.45) is 1.46. The average molecular weight is 345 g/mol. The number of benzene rings is 1. The van der Waals surface area contributed by atoms with Crippen LogP contribution in [0, 0.1) is 0 Å². The van der Waals surface area contributed by atoms with E-state index in [0.29, 0.717) is 10.8 Å². The van der Waals surface area contributed by atoms with Gasteiger partial charge >= 0.3 is 0 Å². The summed E-state index contributed by atoms with van der Waals surface area (Å²) in [5, 5.41) is 3.47. The lowest BCUT2D eigenvalue weighted by atomic mass is 10.3. The molecule has 2 rings (SSSR count). The molecule has 100 valence electrons. The van der Waals surface area contributed by atoms with Gasteiger partial charge in [0.05, 0.1) is 17.8 Å². The summed E-state index contributed by atoms with van der Waals surface area (Å²) in [6, 6.07) is 5.52. The predicted octanol–water partition coefficient (Wildman–Crippen LogP) is 2.93. The molecule has 0 saturated carbocycles. The van der Waals surface area contributed by atoms with E-state index in [4.69, 9.17) is 22.2 Å². The third-order valence-electron chi connectivity index (χ3n) is 2.29. The number of hydrogen-bond donors (Lipinski definition) is 3. The van der Waals surface area contributed by atoms with E-state index in [1.165, 1.54) is 6.20 Å². The highest BCUT2D eigenvalue weighted by Gasteiger charge is 2.07. The molecule has 0 bridgehead atoms. The molecule has 1 heterocycles. The van der Waals surface area contributed by atoms with Gasteiger partial charge in [0.1, 0.15) is 10.8 Å². The summed E-state index contributed by atoms with van der Waals surface area (Å²) in [4.78, 5) is 8.02. The number of rotatable bonds is 4. The lowest BCUT2D eigenvalue weighted by Gasteiger charge is -2.10. The third kappa shape index (κ3) is 3.25. The number of nitrogens with two attached hydrogens (primary N) is 1. The van der Waals surface area contributed by atoms with Crippen molar-refractivity contribution in [2.75, 3.05) is 17.9 Å². The summed E-state index contributed by atoms with van der Waals surface area (Å²) in [7, 11) is 1.60. The molecule has 1 aromatic carbocycles. The number of halogens is 2. The van der Waals surface area contributed by atoms with E-state index in [9.17, 15) is 0 Å². The van der Waals surface area contributed by atoms with Crippen LogP contribution in [-0.4, -0.2) is 17.1 Å². The maximum absolute atomic E-state index is 6.01. The zero-order valence-electron chi connectivity index (χ0n) is 9.95. The topological polar surface area (TPSA) is 85.1 Å². The van der Waals surface area contributed by atoms with Gasteiger partial charge in [-0.15, -0.1) is 0 Å². The Morgan fingerprint density at radius 2 is 2.21 bits per heavy atom. The van der Waals surface area contributed by atoms with Crippen molar-refractivity contribution in [2.45, 2.75) is 0 Å². The van der Waals surface area contributed by atoms with Gasteiger partial charge in [0.15, 0.2) is 5.82 Å². The second kappa shape index (κ2) is 6.05. The molecular weight excluding hydrogens is 334 g/mol. The first-order valence-corrected chi connectivity index (χ1v) is 6.41. The highest BCUT2D eigenvalue weighted by Crippen LogP contribution is 2.30. The molecule has 19 heavy (non-hydrogen) atoms. The van der Waals surface area contributed by atoms with Crippen molar-refractivity contribution >= 4 is 45.0 Å². The molecule has 0 saturated heterocycles. The Labute approximate surface area is 123 Å². The normalized spacial score (nSPS) is 10.1.